The monoisotopic (exact) mass is 490 g/mol. The van der Waals surface area contributed by atoms with Crippen LogP contribution in [0.3, 0.4) is 0 Å². The number of benzene rings is 2. The Kier molecular flexibility index (Phi) is 7.36. The van der Waals surface area contributed by atoms with E-state index in [9.17, 15) is 26.4 Å². The maximum absolute atomic E-state index is 13.1. The molecule has 2 N–H and O–H groups in total. The second kappa shape index (κ2) is 9.68. The quantitative estimate of drug-likeness (QED) is 0.580. The summed E-state index contributed by atoms with van der Waals surface area (Å²) in [5.41, 5.74) is -1.28. The Bertz CT molecular complexity index is 1100. The van der Waals surface area contributed by atoms with Gasteiger partial charge in [0.15, 0.2) is 0 Å². The number of halogens is 4. The van der Waals surface area contributed by atoms with Crippen molar-refractivity contribution < 1.29 is 31.1 Å². The molecule has 0 saturated heterocycles. The van der Waals surface area contributed by atoms with Crippen LogP contribution in [0.2, 0.25) is 5.02 Å². The van der Waals surface area contributed by atoms with Gasteiger partial charge in [0, 0.05) is 17.3 Å². The Hall–Kier alpha value is -2.30. The number of alkyl halides is 3. The first-order valence-electron chi connectivity index (χ1n) is 9.90. The maximum atomic E-state index is 13.1. The number of hydrogen-bond donors (Lipinski definition) is 2. The van der Waals surface area contributed by atoms with Gasteiger partial charge in [-0.2, -0.15) is 13.2 Å². The summed E-state index contributed by atoms with van der Waals surface area (Å²) in [6.45, 7) is 0. The van der Waals surface area contributed by atoms with E-state index in [1.165, 1.54) is 25.3 Å². The van der Waals surface area contributed by atoms with Gasteiger partial charge in [-0.05, 0) is 49.2 Å². The van der Waals surface area contributed by atoms with Crippen LogP contribution in [0.25, 0.3) is 0 Å². The Morgan fingerprint density at radius 2 is 1.78 bits per heavy atom. The largest absolute Gasteiger partial charge is 0.495 e. The lowest BCUT2D eigenvalue weighted by Gasteiger charge is -2.23. The molecule has 174 valence electrons. The molecular weight excluding hydrogens is 469 g/mol. The molecule has 1 saturated carbocycles. The Balaban J connectivity index is 1.87. The van der Waals surface area contributed by atoms with Crippen molar-refractivity contribution in [2.75, 3.05) is 12.4 Å². The number of rotatable bonds is 6. The molecule has 0 radical (unpaired) electrons. The standard InChI is InChI=1S/C21H22ClF3N2O4S/c1-31-18-10-7-13(11-19(18)32(29,30)27-14-5-3-2-4-6-14)20(28)26-15-8-9-17(22)16(12-15)21(23,24)25/h7-12,14,27H,2-6H2,1H3,(H,26,28). The summed E-state index contributed by atoms with van der Waals surface area (Å²) < 4.78 is 72.9. The van der Waals surface area contributed by atoms with E-state index in [1.54, 1.807) is 0 Å². The van der Waals surface area contributed by atoms with Gasteiger partial charge in [-0.25, -0.2) is 13.1 Å². The summed E-state index contributed by atoms with van der Waals surface area (Å²) in [7, 11) is -2.68. The van der Waals surface area contributed by atoms with E-state index in [0.29, 0.717) is 6.07 Å². The number of methoxy groups -OCH3 is 1. The van der Waals surface area contributed by atoms with Crippen molar-refractivity contribution in [3.05, 3.63) is 52.5 Å². The van der Waals surface area contributed by atoms with Crippen LogP contribution in [0.5, 0.6) is 5.75 Å². The third-order valence-corrected chi connectivity index (χ3v) is 7.04. The van der Waals surface area contributed by atoms with Crippen molar-refractivity contribution in [3.8, 4) is 5.75 Å². The molecule has 1 aliphatic rings. The first-order valence-corrected chi connectivity index (χ1v) is 11.8. The third-order valence-electron chi connectivity index (χ3n) is 5.17. The van der Waals surface area contributed by atoms with Gasteiger partial charge in [-0.15, -0.1) is 0 Å². The van der Waals surface area contributed by atoms with Gasteiger partial charge in [-0.1, -0.05) is 30.9 Å². The molecule has 2 aromatic rings. The molecule has 0 aromatic heterocycles. The van der Waals surface area contributed by atoms with Crippen LogP contribution in [-0.2, 0) is 16.2 Å². The number of ether oxygens (including phenoxy) is 1. The van der Waals surface area contributed by atoms with Gasteiger partial charge in [-0.3, -0.25) is 4.79 Å². The highest BCUT2D eigenvalue weighted by Gasteiger charge is 2.33. The summed E-state index contributed by atoms with van der Waals surface area (Å²) in [5.74, 6) is -0.729. The molecule has 32 heavy (non-hydrogen) atoms. The van der Waals surface area contributed by atoms with Crippen LogP contribution in [0.1, 0.15) is 48.0 Å². The third kappa shape index (κ3) is 5.73. The van der Waals surface area contributed by atoms with Crippen LogP contribution in [0.15, 0.2) is 41.3 Å². The SMILES string of the molecule is COc1ccc(C(=O)Nc2ccc(Cl)c(C(F)(F)F)c2)cc1S(=O)(=O)NC1CCCCC1. The van der Waals surface area contributed by atoms with Crippen molar-refractivity contribution in [2.24, 2.45) is 0 Å². The van der Waals surface area contributed by atoms with E-state index in [-0.39, 0.29) is 27.9 Å². The molecule has 1 aliphatic carbocycles. The van der Waals surface area contributed by atoms with E-state index in [1.807, 2.05) is 0 Å². The zero-order valence-electron chi connectivity index (χ0n) is 17.1. The van der Waals surface area contributed by atoms with E-state index < -0.39 is 32.7 Å². The van der Waals surface area contributed by atoms with Crippen molar-refractivity contribution in [1.29, 1.82) is 0 Å². The second-order valence-corrected chi connectivity index (χ2v) is 9.56. The lowest BCUT2D eigenvalue weighted by molar-refractivity contribution is -0.137. The fourth-order valence-corrected chi connectivity index (χ4v) is 5.28. The predicted molar refractivity (Wildman–Crippen MR) is 115 cm³/mol. The topological polar surface area (TPSA) is 84.5 Å². The molecule has 0 aliphatic heterocycles. The smallest absolute Gasteiger partial charge is 0.417 e. The zero-order chi connectivity index (χ0) is 23.5. The van der Waals surface area contributed by atoms with Gasteiger partial charge in [0.05, 0.1) is 17.7 Å². The van der Waals surface area contributed by atoms with Crippen LogP contribution >= 0.6 is 11.6 Å². The summed E-state index contributed by atoms with van der Waals surface area (Å²) in [6.07, 6.45) is -0.344. The van der Waals surface area contributed by atoms with Gasteiger partial charge < -0.3 is 10.1 Å². The van der Waals surface area contributed by atoms with Gasteiger partial charge in [0.25, 0.3) is 5.91 Å². The summed E-state index contributed by atoms with van der Waals surface area (Å²) >= 11 is 5.60. The molecule has 11 heteroatoms. The second-order valence-electron chi connectivity index (χ2n) is 7.47. The summed E-state index contributed by atoms with van der Waals surface area (Å²) in [4.78, 5) is 12.4. The number of nitrogens with one attached hydrogen (secondary N) is 2. The average molecular weight is 491 g/mol. The van der Waals surface area contributed by atoms with Crippen molar-refractivity contribution in [2.45, 2.75) is 49.2 Å². The Labute approximate surface area is 189 Å². The predicted octanol–water partition coefficient (Wildman–Crippen LogP) is 5.23. The number of carbonyl (C=O) groups excluding carboxylic acids is 1. The number of carbonyl (C=O) groups is 1. The zero-order valence-corrected chi connectivity index (χ0v) is 18.7. The van der Waals surface area contributed by atoms with E-state index in [4.69, 9.17) is 16.3 Å². The molecule has 0 atom stereocenters. The van der Waals surface area contributed by atoms with Crippen LogP contribution < -0.4 is 14.8 Å². The van der Waals surface area contributed by atoms with Crippen molar-refractivity contribution in [1.82, 2.24) is 4.72 Å². The Morgan fingerprint density at radius 3 is 2.41 bits per heavy atom. The molecule has 0 spiro atoms. The van der Waals surface area contributed by atoms with E-state index in [0.717, 1.165) is 44.2 Å². The molecule has 0 bridgehead atoms. The first kappa shape index (κ1) is 24.3. The van der Waals surface area contributed by atoms with Crippen molar-refractivity contribution in [3.63, 3.8) is 0 Å². The molecule has 1 amide bonds. The molecule has 3 rings (SSSR count). The fourth-order valence-electron chi connectivity index (χ4n) is 3.55. The van der Waals surface area contributed by atoms with Gasteiger partial charge in [0.1, 0.15) is 10.6 Å². The molecule has 0 unspecified atom stereocenters. The highest BCUT2D eigenvalue weighted by Crippen LogP contribution is 2.36. The summed E-state index contributed by atoms with van der Waals surface area (Å²) in [6, 6.07) is 6.55. The van der Waals surface area contributed by atoms with Crippen LogP contribution in [-0.4, -0.2) is 27.5 Å². The van der Waals surface area contributed by atoms with Crippen LogP contribution in [0, 0.1) is 0 Å². The molecule has 1 fully saturated rings. The number of amides is 1. The fraction of sp³-hybridized carbons (Fsp3) is 0.381. The molecular formula is C21H22ClF3N2O4S. The molecule has 2 aromatic carbocycles. The lowest BCUT2D eigenvalue weighted by atomic mass is 9.96. The lowest BCUT2D eigenvalue weighted by Crippen LogP contribution is -2.36. The number of hydrogen-bond acceptors (Lipinski definition) is 4. The minimum absolute atomic E-state index is 0.0516. The highest BCUT2D eigenvalue weighted by atomic mass is 35.5. The van der Waals surface area contributed by atoms with Gasteiger partial charge >= 0.3 is 6.18 Å². The maximum Gasteiger partial charge on any atom is 0.417 e. The normalized spacial score (nSPS) is 15.4. The summed E-state index contributed by atoms with van der Waals surface area (Å²) in [5, 5.41) is 1.84. The van der Waals surface area contributed by atoms with E-state index >= 15 is 0 Å². The minimum Gasteiger partial charge on any atom is -0.495 e. The molecule has 0 heterocycles. The number of anilines is 1. The van der Waals surface area contributed by atoms with Crippen molar-refractivity contribution >= 4 is 33.2 Å². The molecule has 6 nitrogen and oxygen atoms in total. The first-order chi connectivity index (χ1) is 15.0. The Morgan fingerprint density at radius 1 is 1.09 bits per heavy atom. The van der Waals surface area contributed by atoms with Crippen LogP contribution in [0.4, 0.5) is 18.9 Å². The van der Waals surface area contributed by atoms with Gasteiger partial charge in [0.2, 0.25) is 10.0 Å². The average Bonchev–Trinajstić information content (AvgIpc) is 2.74. The van der Waals surface area contributed by atoms with E-state index in [2.05, 4.69) is 10.0 Å². The highest BCUT2D eigenvalue weighted by molar-refractivity contribution is 7.89. The number of sulfonamides is 1. The minimum atomic E-state index is -4.69.